The van der Waals surface area contributed by atoms with Crippen LogP contribution in [0.1, 0.15) is 23.6 Å². The van der Waals surface area contributed by atoms with Gasteiger partial charge in [0, 0.05) is 26.2 Å². The molecule has 0 bridgehead atoms. The van der Waals surface area contributed by atoms with Crippen LogP contribution in [0.3, 0.4) is 0 Å². The Bertz CT molecular complexity index is 676. The van der Waals surface area contributed by atoms with E-state index in [2.05, 4.69) is 6.07 Å². The topological polar surface area (TPSA) is 64.4 Å². The van der Waals surface area contributed by atoms with Crippen molar-refractivity contribution in [3.8, 4) is 6.07 Å². The molecule has 1 aromatic rings. The van der Waals surface area contributed by atoms with Crippen molar-refractivity contribution in [3.63, 3.8) is 0 Å². The molecule has 0 aromatic heterocycles. The molecule has 1 heterocycles. The summed E-state index contributed by atoms with van der Waals surface area (Å²) < 4.78 is 27.4. The summed E-state index contributed by atoms with van der Waals surface area (Å²) in [5.41, 5.74) is 2.66. The van der Waals surface area contributed by atoms with Gasteiger partial charge in [0.05, 0.1) is 17.0 Å². The summed E-state index contributed by atoms with van der Waals surface area (Å²) in [5.74, 6) is 0. The minimum Gasteiger partial charge on any atom is -0.286 e. The highest BCUT2D eigenvalue weighted by atomic mass is 32.2. The van der Waals surface area contributed by atoms with Crippen molar-refractivity contribution in [1.29, 1.82) is 5.26 Å². The number of nitriles is 1. The minimum atomic E-state index is -3.47. The van der Waals surface area contributed by atoms with E-state index in [0.717, 1.165) is 16.7 Å². The van der Waals surface area contributed by atoms with Crippen molar-refractivity contribution < 1.29 is 8.42 Å². The van der Waals surface area contributed by atoms with Crippen LogP contribution in [0.15, 0.2) is 17.0 Å². The van der Waals surface area contributed by atoms with Crippen molar-refractivity contribution in [1.82, 2.24) is 9.21 Å². The predicted octanol–water partition coefficient (Wildman–Crippen LogP) is 1.83. The van der Waals surface area contributed by atoms with Crippen molar-refractivity contribution >= 4 is 10.0 Å². The second-order valence-electron chi connectivity index (χ2n) is 5.97. The summed E-state index contributed by atoms with van der Waals surface area (Å²) in [4.78, 5) is 2.45. The third kappa shape index (κ3) is 3.17. The molecule has 0 radical (unpaired) electrons. The van der Waals surface area contributed by atoms with Crippen LogP contribution in [0.4, 0.5) is 0 Å². The molecule has 0 spiro atoms. The van der Waals surface area contributed by atoms with Gasteiger partial charge < -0.3 is 0 Å². The first-order valence-electron chi connectivity index (χ1n) is 7.49. The summed E-state index contributed by atoms with van der Waals surface area (Å²) in [7, 11) is -3.47. The summed E-state index contributed by atoms with van der Waals surface area (Å²) >= 11 is 0. The van der Waals surface area contributed by atoms with E-state index in [1.54, 1.807) is 0 Å². The Morgan fingerprint density at radius 1 is 1.09 bits per heavy atom. The lowest BCUT2D eigenvalue weighted by atomic mass is 10.1. The maximum Gasteiger partial charge on any atom is 0.243 e. The number of aryl methyl sites for hydroxylation is 3. The van der Waals surface area contributed by atoms with Crippen LogP contribution in [0.2, 0.25) is 0 Å². The van der Waals surface area contributed by atoms with Gasteiger partial charge in [-0.2, -0.15) is 9.57 Å². The van der Waals surface area contributed by atoms with Crippen LogP contribution in [-0.4, -0.2) is 49.8 Å². The number of sulfonamides is 1. The lowest BCUT2D eigenvalue weighted by Crippen LogP contribution is -2.51. The fourth-order valence-corrected chi connectivity index (χ4v) is 4.95. The molecule has 0 aliphatic carbocycles. The van der Waals surface area contributed by atoms with Gasteiger partial charge in [-0.15, -0.1) is 0 Å². The average Bonchev–Trinajstić information content (AvgIpc) is 2.45. The second kappa shape index (κ2) is 6.37. The molecule has 120 valence electrons. The van der Waals surface area contributed by atoms with Gasteiger partial charge in [-0.1, -0.05) is 17.7 Å². The van der Waals surface area contributed by atoms with Crippen molar-refractivity contribution in [2.24, 2.45) is 0 Å². The Labute approximate surface area is 133 Å². The van der Waals surface area contributed by atoms with E-state index in [1.807, 2.05) is 44.7 Å². The zero-order valence-corrected chi connectivity index (χ0v) is 14.4. The predicted molar refractivity (Wildman–Crippen MR) is 86.1 cm³/mol. The molecule has 1 saturated heterocycles. The minimum absolute atomic E-state index is 0.173. The van der Waals surface area contributed by atoms with Crippen LogP contribution >= 0.6 is 0 Å². The van der Waals surface area contributed by atoms with E-state index in [1.165, 1.54) is 4.31 Å². The summed E-state index contributed by atoms with van der Waals surface area (Å²) in [6.07, 6.45) is 0. The molecule has 22 heavy (non-hydrogen) atoms. The van der Waals surface area contributed by atoms with E-state index >= 15 is 0 Å². The van der Waals surface area contributed by atoms with Crippen LogP contribution < -0.4 is 0 Å². The second-order valence-corrected chi connectivity index (χ2v) is 7.85. The lowest BCUT2D eigenvalue weighted by molar-refractivity contribution is 0.169. The van der Waals surface area contributed by atoms with Gasteiger partial charge in [0.2, 0.25) is 10.0 Å². The van der Waals surface area contributed by atoms with Crippen LogP contribution in [0, 0.1) is 32.1 Å². The molecule has 1 aliphatic rings. The maximum absolute atomic E-state index is 12.9. The molecule has 0 unspecified atom stereocenters. The van der Waals surface area contributed by atoms with Crippen LogP contribution in [0.25, 0.3) is 0 Å². The molecule has 6 heteroatoms. The Balaban J connectivity index is 2.25. The molecular weight excluding hydrogens is 298 g/mol. The number of hydrogen-bond acceptors (Lipinski definition) is 4. The molecule has 1 atom stereocenters. The number of benzene rings is 1. The summed E-state index contributed by atoms with van der Waals surface area (Å²) in [5, 5.41) is 8.97. The van der Waals surface area contributed by atoms with E-state index < -0.39 is 10.0 Å². The third-order valence-corrected chi connectivity index (χ3v) is 6.42. The number of piperazine rings is 1. The first kappa shape index (κ1) is 16.9. The van der Waals surface area contributed by atoms with E-state index in [4.69, 9.17) is 5.26 Å². The lowest BCUT2D eigenvalue weighted by Gasteiger charge is -2.35. The molecule has 1 aromatic carbocycles. The Kier molecular flexibility index (Phi) is 4.90. The smallest absolute Gasteiger partial charge is 0.243 e. The van der Waals surface area contributed by atoms with Crippen molar-refractivity contribution in [3.05, 3.63) is 28.8 Å². The summed E-state index contributed by atoms with van der Waals surface area (Å²) in [6.45, 7) is 9.57. The number of nitrogens with zero attached hydrogens (tertiary/aromatic N) is 3. The molecule has 5 nitrogen and oxygen atoms in total. The Morgan fingerprint density at radius 3 is 2.05 bits per heavy atom. The molecule has 2 rings (SSSR count). The fourth-order valence-electron chi connectivity index (χ4n) is 3.12. The number of rotatable bonds is 3. The van der Waals surface area contributed by atoms with Crippen molar-refractivity contribution in [2.45, 2.75) is 38.6 Å². The monoisotopic (exact) mass is 321 g/mol. The molecule has 0 amide bonds. The SMILES string of the molecule is Cc1cc(C)c(S(=O)(=O)N2CCN([C@@H](C)C#N)CC2)c(C)c1. The fraction of sp³-hybridized carbons (Fsp3) is 0.562. The van der Waals surface area contributed by atoms with E-state index in [-0.39, 0.29) is 6.04 Å². The van der Waals surface area contributed by atoms with Gasteiger partial charge in [-0.05, 0) is 38.8 Å². The Morgan fingerprint density at radius 2 is 1.59 bits per heavy atom. The largest absolute Gasteiger partial charge is 0.286 e. The van der Waals surface area contributed by atoms with Gasteiger partial charge in [0.15, 0.2) is 0 Å². The molecule has 1 aliphatic heterocycles. The molecular formula is C16H23N3O2S. The van der Waals surface area contributed by atoms with Gasteiger partial charge in [-0.25, -0.2) is 8.42 Å². The first-order chi connectivity index (χ1) is 10.3. The van der Waals surface area contributed by atoms with Gasteiger partial charge in [0.25, 0.3) is 0 Å². The van der Waals surface area contributed by atoms with Crippen LogP contribution in [-0.2, 0) is 10.0 Å². The van der Waals surface area contributed by atoms with E-state index in [9.17, 15) is 8.42 Å². The molecule has 0 N–H and O–H groups in total. The zero-order chi connectivity index (χ0) is 16.5. The number of hydrogen-bond donors (Lipinski definition) is 0. The van der Waals surface area contributed by atoms with Gasteiger partial charge in [-0.3, -0.25) is 4.90 Å². The zero-order valence-electron chi connectivity index (χ0n) is 13.6. The highest BCUT2D eigenvalue weighted by Gasteiger charge is 2.31. The highest BCUT2D eigenvalue weighted by molar-refractivity contribution is 7.89. The van der Waals surface area contributed by atoms with E-state index in [0.29, 0.717) is 31.1 Å². The van der Waals surface area contributed by atoms with Crippen LogP contribution in [0.5, 0.6) is 0 Å². The summed E-state index contributed by atoms with van der Waals surface area (Å²) in [6, 6.07) is 5.85. The van der Waals surface area contributed by atoms with Gasteiger partial charge >= 0.3 is 0 Å². The Hall–Kier alpha value is -1.42. The molecule has 0 saturated carbocycles. The quantitative estimate of drug-likeness (QED) is 0.852. The first-order valence-corrected chi connectivity index (χ1v) is 8.93. The maximum atomic E-state index is 12.9. The third-order valence-electron chi connectivity index (χ3n) is 4.21. The van der Waals surface area contributed by atoms with Crippen molar-refractivity contribution in [2.75, 3.05) is 26.2 Å². The highest BCUT2D eigenvalue weighted by Crippen LogP contribution is 2.26. The standard InChI is InChI=1S/C16H23N3O2S/c1-12-9-13(2)16(14(3)10-12)22(20,21)19-7-5-18(6-8-19)15(4)11-17/h9-10,15H,5-8H2,1-4H3/t15-/m0/s1. The van der Waals surface area contributed by atoms with Gasteiger partial charge in [0.1, 0.15) is 0 Å². The average molecular weight is 321 g/mol. The molecule has 1 fully saturated rings. The normalized spacial score (nSPS) is 18.9.